The molecule has 0 aliphatic heterocycles. The zero-order valence-electron chi connectivity index (χ0n) is 13.3. The number of carbonyl (C=O) groups is 1. The lowest BCUT2D eigenvalue weighted by Crippen LogP contribution is -2.29. The number of ether oxygens (including phenoxy) is 3. The lowest BCUT2D eigenvalue weighted by Gasteiger charge is -2.20. The van der Waals surface area contributed by atoms with Crippen molar-refractivity contribution in [2.24, 2.45) is 0 Å². The van der Waals surface area contributed by atoms with Gasteiger partial charge in [-0.2, -0.15) is 0 Å². The highest BCUT2D eigenvalue weighted by Gasteiger charge is 2.22. The van der Waals surface area contributed by atoms with Crippen LogP contribution in [0.5, 0.6) is 11.5 Å². The second kappa shape index (κ2) is 9.23. The molecule has 0 spiro atoms. The summed E-state index contributed by atoms with van der Waals surface area (Å²) in [5.41, 5.74) is 0.957. The van der Waals surface area contributed by atoms with E-state index in [1.165, 1.54) is 0 Å². The van der Waals surface area contributed by atoms with Gasteiger partial charge in [-0.05, 0) is 26.0 Å². The van der Waals surface area contributed by atoms with E-state index >= 15 is 0 Å². The minimum atomic E-state index is -0.623. The standard InChI is InChI=1S/C16H25NO4/c1-5-13(16(18)20-7-3)21-15-12(11-17-6-2)9-8-10-14(15)19-4/h8-10,13,17H,5-7,11H2,1-4H3. The van der Waals surface area contributed by atoms with E-state index in [2.05, 4.69) is 5.32 Å². The minimum absolute atomic E-state index is 0.342. The molecule has 1 unspecified atom stereocenters. The molecule has 1 aromatic rings. The van der Waals surface area contributed by atoms with Crippen LogP contribution in [-0.2, 0) is 16.1 Å². The summed E-state index contributed by atoms with van der Waals surface area (Å²) < 4.78 is 16.3. The van der Waals surface area contributed by atoms with E-state index in [0.29, 0.717) is 31.1 Å². The van der Waals surface area contributed by atoms with Gasteiger partial charge in [0, 0.05) is 12.1 Å². The fourth-order valence-electron chi connectivity index (χ4n) is 1.93. The molecule has 21 heavy (non-hydrogen) atoms. The summed E-state index contributed by atoms with van der Waals surface area (Å²) in [4.78, 5) is 11.9. The first-order valence-electron chi connectivity index (χ1n) is 7.37. The molecule has 0 heterocycles. The Morgan fingerprint density at radius 2 is 2.05 bits per heavy atom. The van der Waals surface area contributed by atoms with Crippen molar-refractivity contribution in [3.63, 3.8) is 0 Å². The second-order valence-corrected chi connectivity index (χ2v) is 4.50. The van der Waals surface area contributed by atoms with Crippen LogP contribution in [0, 0.1) is 0 Å². The summed E-state index contributed by atoms with van der Waals surface area (Å²) >= 11 is 0. The summed E-state index contributed by atoms with van der Waals surface area (Å²) in [5.74, 6) is 0.870. The first-order valence-corrected chi connectivity index (χ1v) is 7.37. The van der Waals surface area contributed by atoms with Gasteiger partial charge in [0.2, 0.25) is 0 Å². The first kappa shape index (κ1) is 17.3. The molecule has 0 saturated carbocycles. The maximum absolute atomic E-state index is 11.9. The van der Waals surface area contributed by atoms with Crippen molar-refractivity contribution in [1.82, 2.24) is 5.32 Å². The van der Waals surface area contributed by atoms with Crippen LogP contribution in [0.15, 0.2) is 18.2 Å². The third-order valence-electron chi connectivity index (χ3n) is 3.03. The van der Waals surface area contributed by atoms with E-state index < -0.39 is 6.10 Å². The Morgan fingerprint density at radius 3 is 2.62 bits per heavy atom. The van der Waals surface area contributed by atoms with Crippen LogP contribution in [0.3, 0.4) is 0 Å². The zero-order valence-corrected chi connectivity index (χ0v) is 13.3. The van der Waals surface area contributed by atoms with E-state index in [1.54, 1.807) is 14.0 Å². The number of carbonyl (C=O) groups excluding carboxylic acids is 1. The molecule has 1 N–H and O–H groups in total. The lowest BCUT2D eigenvalue weighted by atomic mass is 10.1. The van der Waals surface area contributed by atoms with Crippen LogP contribution in [0.25, 0.3) is 0 Å². The quantitative estimate of drug-likeness (QED) is 0.709. The number of nitrogens with one attached hydrogen (secondary N) is 1. The smallest absolute Gasteiger partial charge is 0.347 e. The maximum atomic E-state index is 11.9. The number of rotatable bonds is 9. The Bertz CT molecular complexity index is 448. The van der Waals surface area contributed by atoms with Crippen LogP contribution in [0.4, 0.5) is 0 Å². The maximum Gasteiger partial charge on any atom is 0.347 e. The van der Waals surface area contributed by atoms with Crippen LogP contribution in [-0.4, -0.2) is 32.3 Å². The predicted molar refractivity (Wildman–Crippen MR) is 81.7 cm³/mol. The molecule has 1 atom stereocenters. The lowest BCUT2D eigenvalue weighted by molar-refractivity contribution is -0.151. The molecule has 0 aliphatic carbocycles. The number of para-hydroxylation sites is 1. The Labute approximate surface area is 126 Å². The number of hydrogen-bond acceptors (Lipinski definition) is 5. The van der Waals surface area contributed by atoms with Crippen molar-refractivity contribution in [2.75, 3.05) is 20.3 Å². The molecule has 5 heteroatoms. The third-order valence-corrected chi connectivity index (χ3v) is 3.03. The summed E-state index contributed by atoms with van der Waals surface area (Å²) in [6.07, 6.45) is -0.0843. The zero-order chi connectivity index (χ0) is 15.7. The average Bonchev–Trinajstić information content (AvgIpc) is 2.50. The van der Waals surface area contributed by atoms with Crippen LogP contribution >= 0.6 is 0 Å². The Hall–Kier alpha value is -1.75. The van der Waals surface area contributed by atoms with Gasteiger partial charge in [-0.3, -0.25) is 0 Å². The van der Waals surface area contributed by atoms with Gasteiger partial charge < -0.3 is 19.5 Å². The van der Waals surface area contributed by atoms with E-state index in [0.717, 1.165) is 12.1 Å². The molecular weight excluding hydrogens is 270 g/mol. The number of hydrogen-bond donors (Lipinski definition) is 1. The van der Waals surface area contributed by atoms with Gasteiger partial charge in [0.15, 0.2) is 17.6 Å². The molecule has 0 aromatic heterocycles. The Kier molecular flexibility index (Phi) is 7.61. The normalized spacial score (nSPS) is 11.8. The van der Waals surface area contributed by atoms with Crippen molar-refractivity contribution < 1.29 is 19.0 Å². The number of benzene rings is 1. The highest BCUT2D eigenvalue weighted by Crippen LogP contribution is 2.32. The monoisotopic (exact) mass is 295 g/mol. The molecule has 1 rings (SSSR count). The fourth-order valence-corrected chi connectivity index (χ4v) is 1.93. The SMILES string of the molecule is CCNCc1cccc(OC)c1OC(CC)C(=O)OCC. The molecule has 0 bridgehead atoms. The van der Waals surface area contributed by atoms with Crippen LogP contribution in [0.1, 0.15) is 32.8 Å². The molecule has 1 aromatic carbocycles. The Morgan fingerprint density at radius 1 is 1.29 bits per heavy atom. The molecule has 0 fully saturated rings. The summed E-state index contributed by atoms with van der Waals surface area (Å²) in [6, 6.07) is 5.69. The van der Waals surface area contributed by atoms with Crippen LogP contribution in [0.2, 0.25) is 0 Å². The Balaban J connectivity index is 2.99. The van der Waals surface area contributed by atoms with Gasteiger partial charge in [0.05, 0.1) is 13.7 Å². The minimum Gasteiger partial charge on any atom is -0.493 e. The van der Waals surface area contributed by atoms with E-state index in [-0.39, 0.29) is 5.97 Å². The molecule has 0 radical (unpaired) electrons. The van der Waals surface area contributed by atoms with Gasteiger partial charge in [-0.1, -0.05) is 26.0 Å². The summed E-state index contributed by atoms with van der Waals surface area (Å²) in [5, 5.41) is 3.25. The van der Waals surface area contributed by atoms with Crippen molar-refractivity contribution in [2.45, 2.75) is 39.8 Å². The highest BCUT2D eigenvalue weighted by atomic mass is 16.6. The number of methoxy groups -OCH3 is 1. The average molecular weight is 295 g/mol. The van der Waals surface area contributed by atoms with Crippen LogP contribution < -0.4 is 14.8 Å². The highest BCUT2D eigenvalue weighted by molar-refractivity contribution is 5.75. The van der Waals surface area contributed by atoms with Gasteiger partial charge in [-0.15, -0.1) is 0 Å². The number of esters is 1. The van der Waals surface area contributed by atoms with Gasteiger partial charge in [-0.25, -0.2) is 4.79 Å². The molecule has 0 amide bonds. The van der Waals surface area contributed by atoms with E-state index in [9.17, 15) is 4.79 Å². The predicted octanol–water partition coefficient (Wildman–Crippen LogP) is 2.53. The molecular formula is C16H25NO4. The van der Waals surface area contributed by atoms with Crippen molar-refractivity contribution >= 4 is 5.97 Å². The van der Waals surface area contributed by atoms with E-state index in [1.807, 2.05) is 32.0 Å². The van der Waals surface area contributed by atoms with Gasteiger partial charge in [0.25, 0.3) is 0 Å². The summed E-state index contributed by atoms with van der Waals surface area (Å²) in [7, 11) is 1.59. The first-order chi connectivity index (χ1) is 10.2. The molecule has 0 aliphatic rings. The molecule has 5 nitrogen and oxygen atoms in total. The third kappa shape index (κ3) is 4.93. The topological polar surface area (TPSA) is 56.8 Å². The summed E-state index contributed by atoms with van der Waals surface area (Å²) in [6.45, 7) is 7.56. The van der Waals surface area contributed by atoms with Gasteiger partial charge in [0.1, 0.15) is 0 Å². The van der Waals surface area contributed by atoms with Crippen molar-refractivity contribution in [1.29, 1.82) is 0 Å². The largest absolute Gasteiger partial charge is 0.493 e. The second-order valence-electron chi connectivity index (χ2n) is 4.50. The van der Waals surface area contributed by atoms with Gasteiger partial charge >= 0.3 is 5.97 Å². The fraction of sp³-hybridized carbons (Fsp3) is 0.562. The molecule has 118 valence electrons. The van der Waals surface area contributed by atoms with E-state index in [4.69, 9.17) is 14.2 Å². The van der Waals surface area contributed by atoms with Crippen molar-refractivity contribution in [3.8, 4) is 11.5 Å². The van der Waals surface area contributed by atoms with Crippen molar-refractivity contribution in [3.05, 3.63) is 23.8 Å². The molecule has 0 saturated heterocycles.